The minimum Gasteiger partial charge on any atom is -0.452 e. The first-order valence-electron chi connectivity index (χ1n) is 12.5. The lowest BCUT2D eigenvalue weighted by Crippen LogP contribution is -2.59. The number of morpholine rings is 1. The van der Waals surface area contributed by atoms with Gasteiger partial charge < -0.3 is 14.8 Å². The van der Waals surface area contributed by atoms with Crippen LogP contribution in [0.5, 0.6) is 0 Å². The lowest BCUT2D eigenvalue weighted by molar-refractivity contribution is -0.125. The van der Waals surface area contributed by atoms with E-state index >= 15 is 0 Å². The third kappa shape index (κ3) is 6.16. The van der Waals surface area contributed by atoms with Crippen molar-refractivity contribution in [3.05, 3.63) is 70.8 Å². The molecule has 2 fully saturated rings. The van der Waals surface area contributed by atoms with E-state index in [1.54, 1.807) is 36.4 Å². The van der Waals surface area contributed by atoms with Crippen molar-refractivity contribution in [2.75, 3.05) is 39.5 Å². The second-order valence-electron chi connectivity index (χ2n) is 9.48. The summed E-state index contributed by atoms with van der Waals surface area (Å²) in [5.41, 5.74) is 1.89. The SMILES string of the molecule is Cc1ccc(C(=O)c2ccccc2C(=O)OCC(=O)NCC2(N3CCOCC3)CCCCC2)cc1. The van der Waals surface area contributed by atoms with Gasteiger partial charge in [-0.05, 0) is 25.8 Å². The summed E-state index contributed by atoms with van der Waals surface area (Å²) >= 11 is 0. The Labute approximate surface area is 206 Å². The monoisotopic (exact) mass is 478 g/mol. The first kappa shape index (κ1) is 25.1. The summed E-state index contributed by atoms with van der Waals surface area (Å²) in [5, 5.41) is 3.00. The summed E-state index contributed by atoms with van der Waals surface area (Å²) in [6.45, 7) is 5.27. The van der Waals surface area contributed by atoms with Gasteiger partial charge in [-0.2, -0.15) is 0 Å². The quantitative estimate of drug-likeness (QED) is 0.462. The van der Waals surface area contributed by atoms with Crippen molar-refractivity contribution in [1.29, 1.82) is 0 Å². The van der Waals surface area contributed by atoms with Gasteiger partial charge in [-0.25, -0.2) is 4.79 Å². The molecule has 0 atom stereocenters. The summed E-state index contributed by atoms with van der Waals surface area (Å²) in [6.07, 6.45) is 5.60. The molecule has 2 aliphatic rings. The molecule has 1 saturated carbocycles. The number of nitrogens with zero attached hydrogens (tertiary/aromatic N) is 1. The summed E-state index contributed by atoms with van der Waals surface area (Å²) < 4.78 is 10.8. The molecule has 7 nitrogen and oxygen atoms in total. The van der Waals surface area contributed by atoms with Crippen LogP contribution < -0.4 is 5.32 Å². The Bertz CT molecular complexity index is 1040. The number of amides is 1. The molecule has 0 spiro atoms. The second-order valence-corrected chi connectivity index (χ2v) is 9.48. The number of benzene rings is 2. The molecular formula is C28H34N2O5. The van der Waals surface area contributed by atoms with E-state index in [1.807, 2.05) is 19.1 Å². The average Bonchev–Trinajstić information content (AvgIpc) is 2.91. The van der Waals surface area contributed by atoms with Crippen LogP contribution in [-0.2, 0) is 14.3 Å². The van der Waals surface area contributed by atoms with Crippen LogP contribution in [-0.4, -0.2) is 67.6 Å². The van der Waals surface area contributed by atoms with Crippen molar-refractivity contribution in [2.45, 2.75) is 44.6 Å². The number of esters is 1. The van der Waals surface area contributed by atoms with Crippen molar-refractivity contribution in [3.8, 4) is 0 Å². The number of ketones is 1. The van der Waals surface area contributed by atoms with Gasteiger partial charge in [-0.15, -0.1) is 0 Å². The van der Waals surface area contributed by atoms with Gasteiger partial charge in [0, 0.05) is 36.3 Å². The number of carbonyl (C=O) groups excluding carboxylic acids is 3. The number of rotatable bonds is 8. The predicted octanol–water partition coefficient (Wildman–Crippen LogP) is 3.53. The van der Waals surface area contributed by atoms with Crippen molar-refractivity contribution in [1.82, 2.24) is 10.2 Å². The Morgan fingerprint density at radius 1 is 0.943 bits per heavy atom. The molecule has 4 rings (SSSR count). The van der Waals surface area contributed by atoms with E-state index < -0.39 is 5.97 Å². The van der Waals surface area contributed by atoms with E-state index in [0.717, 1.165) is 44.3 Å². The molecule has 0 unspecified atom stereocenters. The summed E-state index contributed by atoms with van der Waals surface area (Å²) in [7, 11) is 0. The molecule has 0 aromatic heterocycles. The second kappa shape index (κ2) is 11.6. The van der Waals surface area contributed by atoms with Crippen LogP contribution in [0, 0.1) is 6.92 Å². The summed E-state index contributed by atoms with van der Waals surface area (Å²) in [6, 6.07) is 13.7. The molecule has 2 aromatic carbocycles. The van der Waals surface area contributed by atoms with Crippen molar-refractivity contribution in [2.24, 2.45) is 0 Å². The number of hydrogen-bond acceptors (Lipinski definition) is 6. The van der Waals surface area contributed by atoms with E-state index in [1.165, 1.54) is 6.42 Å². The third-order valence-corrected chi connectivity index (χ3v) is 7.12. The molecule has 2 aromatic rings. The molecular weight excluding hydrogens is 444 g/mol. The van der Waals surface area contributed by atoms with Crippen LogP contribution in [0.2, 0.25) is 0 Å². The van der Waals surface area contributed by atoms with Gasteiger partial charge in [0.25, 0.3) is 5.91 Å². The van der Waals surface area contributed by atoms with E-state index in [4.69, 9.17) is 9.47 Å². The lowest BCUT2D eigenvalue weighted by atomic mass is 9.79. The molecule has 1 aliphatic heterocycles. The van der Waals surface area contributed by atoms with Crippen LogP contribution in [0.4, 0.5) is 0 Å². The largest absolute Gasteiger partial charge is 0.452 e. The minimum atomic E-state index is -0.684. The van der Waals surface area contributed by atoms with E-state index in [2.05, 4.69) is 10.2 Å². The Hall–Kier alpha value is -3.03. The number of aryl methyl sites for hydroxylation is 1. The zero-order valence-electron chi connectivity index (χ0n) is 20.4. The topological polar surface area (TPSA) is 84.9 Å². The fraction of sp³-hybridized carbons (Fsp3) is 0.464. The molecule has 35 heavy (non-hydrogen) atoms. The Balaban J connectivity index is 1.36. The van der Waals surface area contributed by atoms with Gasteiger partial charge in [-0.3, -0.25) is 14.5 Å². The predicted molar refractivity (Wildman–Crippen MR) is 133 cm³/mol. The van der Waals surface area contributed by atoms with E-state index in [-0.39, 0.29) is 35.0 Å². The van der Waals surface area contributed by atoms with Gasteiger partial charge >= 0.3 is 5.97 Å². The number of ether oxygens (including phenoxy) is 2. The Kier molecular flexibility index (Phi) is 8.31. The van der Waals surface area contributed by atoms with Crippen molar-refractivity contribution < 1.29 is 23.9 Å². The molecule has 1 amide bonds. The van der Waals surface area contributed by atoms with Gasteiger partial charge in [0.15, 0.2) is 12.4 Å². The van der Waals surface area contributed by atoms with Gasteiger partial charge in [0.1, 0.15) is 0 Å². The zero-order valence-corrected chi connectivity index (χ0v) is 20.4. The van der Waals surface area contributed by atoms with E-state index in [9.17, 15) is 14.4 Å². The minimum absolute atomic E-state index is 0.0608. The van der Waals surface area contributed by atoms with E-state index in [0.29, 0.717) is 25.3 Å². The Morgan fingerprint density at radius 2 is 1.60 bits per heavy atom. The number of nitrogens with one attached hydrogen (secondary N) is 1. The van der Waals surface area contributed by atoms with Crippen LogP contribution in [0.1, 0.15) is 63.9 Å². The molecule has 0 radical (unpaired) electrons. The van der Waals surface area contributed by atoms with Gasteiger partial charge in [0.05, 0.1) is 18.8 Å². The molecule has 0 bridgehead atoms. The standard InChI is InChI=1S/C28H34N2O5/c1-21-9-11-22(12-10-21)26(32)23-7-3-4-8-24(23)27(33)35-19-25(31)29-20-28(13-5-2-6-14-28)30-15-17-34-18-16-30/h3-4,7-12H,2,5-6,13-20H2,1H3,(H,29,31). The van der Waals surface area contributed by atoms with Crippen LogP contribution in [0.25, 0.3) is 0 Å². The highest BCUT2D eigenvalue weighted by atomic mass is 16.5. The molecule has 1 saturated heterocycles. The van der Waals surface area contributed by atoms with Crippen LogP contribution in [0.15, 0.2) is 48.5 Å². The average molecular weight is 479 g/mol. The zero-order chi connectivity index (χ0) is 24.7. The van der Waals surface area contributed by atoms with Gasteiger partial charge in [-0.1, -0.05) is 67.3 Å². The highest BCUT2D eigenvalue weighted by Crippen LogP contribution is 2.33. The maximum absolute atomic E-state index is 13.0. The first-order valence-corrected chi connectivity index (χ1v) is 12.5. The normalized spacial score (nSPS) is 18.0. The highest BCUT2D eigenvalue weighted by Gasteiger charge is 2.38. The maximum atomic E-state index is 13.0. The summed E-state index contributed by atoms with van der Waals surface area (Å²) in [4.78, 5) is 40.9. The number of hydrogen-bond donors (Lipinski definition) is 1. The van der Waals surface area contributed by atoms with Crippen molar-refractivity contribution >= 4 is 17.7 Å². The molecule has 186 valence electrons. The molecule has 1 aliphatic carbocycles. The molecule has 7 heteroatoms. The van der Waals surface area contributed by atoms with Crippen LogP contribution >= 0.6 is 0 Å². The van der Waals surface area contributed by atoms with Crippen molar-refractivity contribution in [3.63, 3.8) is 0 Å². The Morgan fingerprint density at radius 3 is 2.29 bits per heavy atom. The molecule has 1 N–H and O–H groups in total. The number of carbonyl (C=O) groups is 3. The maximum Gasteiger partial charge on any atom is 0.339 e. The lowest BCUT2D eigenvalue weighted by Gasteiger charge is -2.48. The van der Waals surface area contributed by atoms with Gasteiger partial charge in [0.2, 0.25) is 0 Å². The van der Waals surface area contributed by atoms with Crippen LogP contribution in [0.3, 0.4) is 0 Å². The smallest absolute Gasteiger partial charge is 0.339 e. The third-order valence-electron chi connectivity index (χ3n) is 7.12. The fourth-order valence-electron chi connectivity index (χ4n) is 5.09. The summed E-state index contributed by atoms with van der Waals surface area (Å²) in [5.74, 6) is -1.28. The highest BCUT2D eigenvalue weighted by molar-refractivity contribution is 6.14. The molecule has 1 heterocycles. The first-order chi connectivity index (χ1) is 17.0. The fourth-order valence-corrected chi connectivity index (χ4v) is 5.09.